The fourth-order valence-electron chi connectivity index (χ4n) is 2.37. The minimum atomic E-state index is -0.561. The van der Waals surface area contributed by atoms with Gasteiger partial charge in [0.05, 0.1) is 5.54 Å². The highest BCUT2D eigenvalue weighted by Crippen LogP contribution is 2.25. The smallest absolute Gasteiger partial charge is 0.224 e. The number of hydrogen-bond donors (Lipinski definition) is 1. The molecule has 0 bridgehead atoms. The van der Waals surface area contributed by atoms with Crippen LogP contribution < -0.4 is 5.32 Å². The SMILES string of the molecule is C#CC(C)(C)NC(=O)C1CCc2ccccc2C1. The maximum Gasteiger partial charge on any atom is 0.224 e. The van der Waals surface area contributed by atoms with Gasteiger partial charge >= 0.3 is 0 Å². The summed E-state index contributed by atoms with van der Waals surface area (Å²) >= 11 is 0. The highest BCUT2D eigenvalue weighted by molar-refractivity contribution is 5.80. The van der Waals surface area contributed by atoms with E-state index in [4.69, 9.17) is 6.42 Å². The number of fused-ring (bicyclic) bond motifs is 1. The molecule has 0 saturated heterocycles. The molecule has 1 aliphatic rings. The third-order valence-corrected chi connectivity index (χ3v) is 3.51. The highest BCUT2D eigenvalue weighted by atomic mass is 16.2. The molecule has 0 fully saturated rings. The van der Waals surface area contributed by atoms with Crippen molar-refractivity contribution in [2.45, 2.75) is 38.6 Å². The van der Waals surface area contributed by atoms with Crippen molar-refractivity contribution in [1.82, 2.24) is 5.32 Å². The van der Waals surface area contributed by atoms with Crippen molar-refractivity contribution in [2.24, 2.45) is 5.92 Å². The standard InChI is InChI=1S/C16H19NO/c1-4-16(2,3)17-15(18)14-10-9-12-7-5-6-8-13(12)11-14/h1,5-8,14H,9-11H2,2-3H3,(H,17,18). The lowest BCUT2D eigenvalue weighted by Gasteiger charge is -2.27. The molecule has 1 unspecified atom stereocenters. The molecule has 2 heteroatoms. The Hall–Kier alpha value is -1.75. The molecule has 0 aromatic heterocycles. The number of rotatable bonds is 2. The maximum atomic E-state index is 12.2. The van der Waals surface area contributed by atoms with Crippen LogP contribution >= 0.6 is 0 Å². The summed E-state index contributed by atoms with van der Waals surface area (Å²) < 4.78 is 0. The van der Waals surface area contributed by atoms with Crippen molar-refractivity contribution in [3.63, 3.8) is 0 Å². The molecule has 1 amide bonds. The number of carbonyl (C=O) groups is 1. The van der Waals surface area contributed by atoms with Crippen LogP contribution in [0.15, 0.2) is 24.3 Å². The lowest BCUT2D eigenvalue weighted by atomic mass is 9.83. The summed E-state index contributed by atoms with van der Waals surface area (Å²) in [7, 11) is 0. The first-order valence-electron chi connectivity index (χ1n) is 6.38. The van der Waals surface area contributed by atoms with Gasteiger partial charge in [-0.2, -0.15) is 0 Å². The number of aryl methyl sites for hydroxylation is 1. The number of benzene rings is 1. The molecule has 2 nitrogen and oxygen atoms in total. The molecule has 1 atom stereocenters. The number of nitrogens with one attached hydrogen (secondary N) is 1. The third kappa shape index (κ3) is 2.73. The van der Waals surface area contributed by atoms with Crippen LogP contribution in [0.4, 0.5) is 0 Å². The van der Waals surface area contributed by atoms with Crippen LogP contribution in [0, 0.1) is 18.3 Å². The largest absolute Gasteiger partial charge is 0.340 e. The highest BCUT2D eigenvalue weighted by Gasteiger charge is 2.27. The Morgan fingerprint density at radius 1 is 1.39 bits per heavy atom. The van der Waals surface area contributed by atoms with E-state index in [-0.39, 0.29) is 11.8 Å². The Bertz CT molecular complexity index is 496. The number of hydrogen-bond acceptors (Lipinski definition) is 1. The van der Waals surface area contributed by atoms with Gasteiger partial charge in [0.25, 0.3) is 0 Å². The van der Waals surface area contributed by atoms with Gasteiger partial charge in [-0.25, -0.2) is 0 Å². The van der Waals surface area contributed by atoms with Gasteiger partial charge in [0, 0.05) is 5.92 Å². The summed E-state index contributed by atoms with van der Waals surface area (Å²) in [4.78, 5) is 12.2. The second-order valence-electron chi connectivity index (χ2n) is 5.47. The molecule has 1 aliphatic carbocycles. The molecule has 1 aromatic rings. The number of carbonyl (C=O) groups excluding carboxylic acids is 1. The number of terminal acetylenes is 1. The van der Waals surface area contributed by atoms with Gasteiger partial charge in [-0.1, -0.05) is 30.2 Å². The predicted octanol–water partition coefficient (Wildman–Crippen LogP) is 2.32. The first kappa shape index (κ1) is 12.7. The Labute approximate surface area is 109 Å². The minimum absolute atomic E-state index is 0.0486. The summed E-state index contributed by atoms with van der Waals surface area (Å²) in [5.41, 5.74) is 2.11. The van der Waals surface area contributed by atoms with Crippen LogP contribution in [-0.4, -0.2) is 11.4 Å². The van der Waals surface area contributed by atoms with Gasteiger partial charge in [0.1, 0.15) is 0 Å². The zero-order valence-electron chi connectivity index (χ0n) is 11.0. The van der Waals surface area contributed by atoms with Crippen LogP contribution in [0.3, 0.4) is 0 Å². The normalized spacial score (nSPS) is 18.6. The summed E-state index contributed by atoms with van der Waals surface area (Å²) in [5, 5.41) is 2.93. The van der Waals surface area contributed by atoms with E-state index < -0.39 is 5.54 Å². The Morgan fingerprint density at radius 3 is 2.72 bits per heavy atom. The molecule has 1 N–H and O–H groups in total. The topological polar surface area (TPSA) is 29.1 Å². The second kappa shape index (κ2) is 4.86. The van der Waals surface area contributed by atoms with Gasteiger partial charge in [-0.05, 0) is 44.2 Å². The average molecular weight is 241 g/mol. The molecule has 0 spiro atoms. The fraction of sp³-hybridized carbons (Fsp3) is 0.438. The Balaban J connectivity index is 2.06. The molecular formula is C16H19NO. The molecule has 2 rings (SSSR count). The molecule has 0 aliphatic heterocycles. The molecule has 1 aromatic carbocycles. The van der Waals surface area contributed by atoms with Crippen molar-refractivity contribution in [2.75, 3.05) is 0 Å². The van der Waals surface area contributed by atoms with E-state index in [9.17, 15) is 4.79 Å². The number of amides is 1. The van der Waals surface area contributed by atoms with Gasteiger partial charge in [0.15, 0.2) is 0 Å². The van der Waals surface area contributed by atoms with Gasteiger partial charge < -0.3 is 5.32 Å². The first-order chi connectivity index (χ1) is 8.52. The zero-order chi connectivity index (χ0) is 13.2. The quantitative estimate of drug-likeness (QED) is 0.791. The molecule has 0 radical (unpaired) electrons. The minimum Gasteiger partial charge on any atom is -0.340 e. The van der Waals surface area contributed by atoms with Crippen molar-refractivity contribution in [3.05, 3.63) is 35.4 Å². The predicted molar refractivity (Wildman–Crippen MR) is 73.0 cm³/mol. The second-order valence-corrected chi connectivity index (χ2v) is 5.47. The van der Waals surface area contributed by atoms with E-state index >= 15 is 0 Å². The van der Waals surface area contributed by atoms with Gasteiger partial charge in [0.2, 0.25) is 5.91 Å². The van der Waals surface area contributed by atoms with Gasteiger partial charge in [-0.15, -0.1) is 6.42 Å². The summed E-state index contributed by atoms with van der Waals surface area (Å²) in [6, 6.07) is 8.35. The van der Waals surface area contributed by atoms with E-state index in [1.165, 1.54) is 11.1 Å². The van der Waals surface area contributed by atoms with E-state index in [0.717, 1.165) is 19.3 Å². The summed E-state index contributed by atoms with van der Waals surface area (Å²) in [5.74, 6) is 2.72. The Morgan fingerprint density at radius 2 is 2.06 bits per heavy atom. The van der Waals surface area contributed by atoms with Crippen LogP contribution in [-0.2, 0) is 17.6 Å². The van der Waals surface area contributed by atoms with Crippen molar-refractivity contribution in [3.8, 4) is 12.3 Å². The summed E-state index contributed by atoms with van der Waals surface area (Å²) in [6.07, 6.45) is 8.10. The zero-order valence-corrected chi connectivity index (χ0v) is 11.0. The van der Waals surface area contributed by atoms with Crippen molar-refractivity contribution in [1.29, 1.82) is 0 Å². The first-order valence-corrected chi connectivity index (χ1v) is 6.38. The van der Waals surface area contributed by atoms with E-state index in [2.05, 4.69) is 29.4 Å². The van der Waals surface area contributed by atoms with Crippen LogP contribution in [0.2, 0.25) is 0 Å². The maximum absolute atomic E-state index is 12.2. The summed E-state index contributed by atoms with van der Waals surface area (Å²) in [6.45, 7) is 3.70. The fourth-order valence-corrected chi connectivity index (χ4v) is 2.37. The third-order valence-electron chi connectivity index (χ3n) is 3.51. The van der Waals surface area contributed by atoms with Crippen molar-refractivity contribution >= 4 is 5.91 Å². The van der Waals surface area contributed by atoms with E-state index in [1.807, 2.05) is 19.9 Å². The van der Waals surface area contributed by atoms with Crippen LogP contribution in [0.1, 0.15) is 31.4 Å². The average Bonchev–Trinajstić information content (AvgIpc) is 2.37. The molecular weight excluding hydrogens is 222 g/mol. The van der Waals surface area contributed by atoms with Crippen molar-refractivity contribution < 1.29 is 4.79 Å². The lowest BCUT2D eigenvalue weighted by Crippen LogP contribution is -2.46. The Kier molecular flexibility index (Phi) is 3.43. The van der Waals surface area contributed by atoms with Crippen LogP contribution in [0.5, 0.6) is 0 Å². The monoisotopic (exact) mass is 241 g/mol. The molecule has 0 saturated carbocycles. The van der Waals surface area contributed by atoms with E-state index in [0.29, 0.717) is 0 Å². The molecule has 18 heavy (non-hydrogen) atoms. The lowest BCUT2D eigenvalue weighted by molar-refractivity contribution is -0.126. The van der Waals surface area contributed by atoms with E-state index in [1.54, 1.807) is 0 Å². The van der Waals surface area contributed by atoms with Gasteiger partial charge in [-0.3, -0.25) is 4.79 Å². The molecule has 0 heterocycles. The van der Waals surface area contributed by atoms with Crippen LogP contribution in [0.25, 0.3) is 0 Å². The molecule has 94 valence electrons.